The predicted octanol–water partition coefficient (Wildman–Crippen LogP) is 2.21. The van der Waals surface area contributed by atoms with Crippen LogP contribution < -0.4 is 5.32 Å². The molecule has 26 heavy (non-hydrogen) atoms. The first-order valence-electron chi connectivity index (χ1n) is 9.18. The van der Waals surface area contributed by atoms with Gasteiger partial charge in [0.2, 0.25) is 10.0 Å². The highest BCUT2D eigenvalue weighted by atomic mass is 35.5. The maximum atomic E-state index is 12.9. The lowest BCUT2D eigenvalue weighted by Gasteiger charge is -2.28. The summed E-state index contributed by atoms with van der Waals surface area (Å²) < 4.78 is 26.7. The van der Waals surface area contributed by atoms with Crippen molar-refractivity contribution in [1.82, 2.24) is 14.5 Å². The van der Waals surface area contributed by atoms with E-state index >= 15 is 0 Å². The van der Waals surface area contributed by atoms with Gasteiger partial charge in [-0.15, -0.1) is 0 Å². The number of hydrogen-bond acceptors (Lipinski definition) is 4. The molecule has 1 amide bonds. The van der Waals surface area contributed by atoms with Crippen molar-refractivity contribution in [3.63, 3.8) is 0 Å². The number of hydrogen-bond donors (Lipinski definition) is 1. The van der Waals surface area contributed by atoms with E-state index in [-0.39, 0.29) is 18.2 Å². The molecular weight excluding hydrogens is 374 g/mol. The molecule has 8 heteroatoms. The maximum Gasteiger partial charge on any atom is 0.255 e. The molecule has 0 bridgehead atoms. The molecule has 0 spiro atoms. The Morgan fingerprint density at radius 2 is 1.88 bits per heavy atom. The van der Waals surface area contributed by atoms with Crippen LogP contribution in [0.2, 0.25) is 5.02 Å². The van der Waals surface area contributed by atoms with Crippen LogP contribution in [-0.4, -0.2) is 68.6 Å². The van der Waals surface area contributed by atoms with Crippen LogP contribution in [0.5, 0.6) is 0 Å². The van der Waals surface area contributed by atoms with E-state index in [1.165, 1.54) is 4.31 Å². The fraction of sp³-hybridized carbons (Fsp3) is 0.611. The number of halogens is 1. The summed E-state index contributed by atoms with van der Waals surface area (Å²) >= 11 is 6.16. The van der Waals surface area contributed by atoms with Crippen LogP contribution in [0, 0.1) is 0 Å². The Hall–Kier alpha value is -1.15. The Labute approximate surface area is 161 Å². The lowest BCUT2D eigenvalue weighted by Crippen LogP contribution is -2.48. The Kier molecular flexibility index (Phi) is 8.34. The number of unbranched alkanes of at least 4 members (excludes halogenated alkanes) is 2. The zero-order valence-corrected chi connectivity index (χ0v) is 16.9. The summed E-state index contributed by atoms with van der Waals surface area (Å²) in [5.74, 6) is -0.266. The van der Waals surface area contributed by atoms with Gasteiger partial charge in [0, 0.05) is 39.3 Å². The molecule has 2 rings (SSSR count). The SMILES string of the molecule is CCCCCN(CCS(=O)(=O)N1CCNCC1)C(=O)c1ccccc1Cl. The highest BCUT2D eigenvalue weighted by Crippen LogP contribution is 2.18. The molecule has 0 aromatic heterocycles. The molecule has 6 nitrogen and oxygen atoms in total. The second-order valence-corrected chi connectivity index (χ2v) is 8.94. The van der Waals surface area contributed by atoms with Crippen molar-refractivity contribution in [3.05, 3.63) is 34.9 Å². The quantitative estimate of drug-likeness (QED) is 0.644. The van der Waals surface area contributed by atoms with E-state index in [0.29, 0.717) is 43.3 Å². The molecule has 1 fully saturated rings. The molecule has 146 valence electrons. The van der Waals surface area contributed by atoms with E-state index in [1.807, 2.05) is 0 Å². The second kappa shape index (κ2) is 10.3. The zero-order chi connectivity index (χ0) is 19.0. The molecule has 1 aromatic rings. The molecule has 0 aliphatic carbocycles. The monoisotopic (exact) mass is 401 g/mol. The lowest BCUT2D eigenvalue weighted by molar-refractivity contribution is 0.0762. The van der Waals surface area contributed by atoms with Gasteiger partial charge in [0.25, 0.3) is 5.91 Å². The second-order valence-electron chi connectivity index (χ2n) is 6.44. The smallest absolute Gasteiger partial charge is 0.255 e. The molecule has 0 radical (unpaired) electrons. The summed E-state index contributed by atoms with van der Waals surface area (Å²) in [5.41, 5.74) is 0.422. The first-order valence-corrected chi connectivity index (χ1v) is 11.2. The van der Waals surface area contributed by atoms with Gasteiger partial charge in [-0.05, 0) is 18.6 Å². The van der Waals surface area contributed by atoms with Crippen LogP contribution in [0.1, 0.15) is 36.5 Å². The van der Waals surface area contributed by atoms with Crippen molar-refractivity contribution in [1.29, 1.82) is 0 Å². The van der Waals surface area contributed by atoms with Gasteiger partial charge in [-0.25, -0.2) is 8.42 Å². The van der Waals surface area contributed by atoms with Crippen molar-refractivity contribution in [2.24, 2.45) is 0 Å². The van der Waals surface area contributed by atoms with E-state index < -0.39 is 10.0 Å². The predicted molar refractivity (Wildman–Crippen MR) is 105 cm³/mol. The number of amides is 1. The fourth-order valence-corrected chi connectivity index (χ4v) is 4.61. The van der Waals surface area contributed by atoms with Gasteiger partial charge in [0.1, 0.15) is 0 Å². The highest BCUT2D eigenvalue weighted by molar-refractivity contribution is 7.89. The number of sulfonamides is 1. The zero-order valence-electron chi connectivity index (χ0n) is 15.3. The summed E-state index contributed by atoms with van der Waals surface area (Å²) in [5, 5.41) is 3.54. The summed E-state index contributed by atoms with van der Waals surface area (Å²) in [4.78, 5) is 14.5. The van der Waals surface area contributed by atoms with E-state index in [4.69, 9.17) is 11.6 Å². The largest absolute Gasteiger partial charge is 0.338 e. The van der Waals surface area contributed by atoms with Gasteiger partial charge in [0.05, 0.1) is 16.3 Å². The van der Waals surface area contributed by atoms with Crippen molar-refractivity contribution < 1.29 is 13.2 Å². The number of nitrogens with one attached hydrogen (secondary N) is 1. The number of carbonyl (C=O) groups excluding carboxylic acids is 1. The number of piperazine rings is 1. The van der Waals surface area contributed by atoms with Gasteiger partial charge in [-0.3, -0.25) is 4.79 Å². The van der Waals surface area contributed by atoms with Crippen LogP contribution in [0.25, 0.3) is 0 Å². The normalized spacial score (nSPS) is 15.8. The standard InChI is InChI=1S/C18H28ClN3O3S/c1-2-3-6-11-21(18(23)16-7-4-5-8-17(16)19)14-15-26(24,25)22-12-9-20-10-13-22/h4-5,7-8,20H,2-3,6,9-15H2,1H3. The first kappa shape index (κ1) is 21.2. The number of carbonyl (C=O) groups is 1. The minimum absolute atomic E-state index is 0.0602. The maximum absolute atomic E-state index is 12.9. The number of benzene rings is 1. The molecule has 1 saturated heterocycles. The Morgan fingerprint density at radius 3 is 2.54 bits per heavy atom. The topological polar surface area (TPSA) is 69.7 Å². The molecule has 0 saturated carbocycles. The molecule has 1 aliphatic rings. The van der Waals surface area contributed by atoms with Gasteiger partial charge in [-0.1, -0.05) is 43.5 Å². The minimum atomic E-state index is -3.37. The molecule has 0 atom stereocenters. The number of nitrogens with zero attached hydrogens (tertiary/aromatic N) is 2. The van der Waals surface area contributed by atoms with E-state index in [0.717, 1.165) is 19.3 Å². The molecule has 1 N–H and O–H groups in total. The van der Waals surface area contributed by atoms with E-state index in [2.05, 4.69) is 12.2 Å². The Morgan fingerprint density at radius 1 is 1.19 bits per heavy atom. The average Bonchev–Trinajstić information content (AvgIpc) is 2.65. The Bertz CT molecular complexity index is 691. The third-order valence-electron chi connectivity index (χ3n) is 4.51. The minimum Gasteiger partial charge on any atom is -0.338 e. The van der Waals surface area contributed by atoms with Crippen molar-refractivity contribution in [3.8, 4) is 0 Å². The average molecular weight is 402 g/mol. The van der Waals surface area contributed by atoms with Crippen LogP contribution in [0.3, 0.4) is 0 Å². The lowest BCUT2D eigenvalue weighted by atomic mass is 10.2. The van der Waals surface area contributed by atoms with E-state index in [1.54, 1.807) is 29.2 Å². The van der Waals surface area contributed by atoms with Gasteiger partial charge < -0.3 is 10.2 Å². The van der Waals surface area contributed by atoms with Gasteiger partial charge in [0.15, 0.2) is 0 Å². The molecule has 0 unspecified atom stereocenters. The summed E-state index contributed by atoms with van der Waals surface area (Å²) in [6.07, 6.45) is 2.88. The van der Waals surface area contributed by atoms with Gasteiger partial charge in [-0.2, -0.15) is 4.31 Å². The molecule has 1 aromatic carbocycles. The molecule has 1 heterocycles. The fourth-order valence-electron chi connectivity index (χ4n) is 2.95. The van der Waals surface area contributed by atoms with Crippen LogP contribution >= 0.6 is 11.6 Å². The summed E-state index contributed by atoms with van der Waals surface area (Å²) in [6.45, 7) is 5.10. The highest BCUT2D eigenvalue weighted by Gasteiger charge is 2.26. The first-order chi connectivity index (χ1) is 12.5. The van der Waals surface area contributed by atoms with E-state index in [9.17, 15) is 13.2 Å². The van der Waals surface area contributed by atoms with Crippen LogP contribution in [-0.2, 0) is 10.0 Å². The Balaban J connectivity index is 2.06. The third kappa shape index (κ3) is 5.94. The summed E-state index contributed by atoms with van der Waals surface area (Å²) in [6, 6.07) is 6.90. The van der Waals surface area contributed by atoms with Crippen molar-refractivity contribution in [2.45, 2.75) is 26.2 Å². The van der Waals surface area contributed by atoms with Crippen LogP contribution in [0.15, 0.2) is 24.3 Å². The van der Waals surface area contributed by atoms with Crippen molar-refractivity contribution in [2.75, 3.05) is 45.0 Å². The number of rotatable bonds is 9. The third-order valence-corrected chi connectivity index (χ3v) is 6.69. The molecule has 1 aliphatic heterocycles. The van der Waals surface area contributed by atoms with Crippen LogP contribution in [0.4, 0.5) is 0 Å². The summed E-state index contributed by atoms with van der Waals surface area (Å²) in [7, 11) is -3.37. The van der Waals surface area contributed by atoms with Gasteiger partial charge >= 0.3 is 0 Å². The van der Waals surface area contributed by atoms with Crippen molar-refractivity contribution >= 4 is 27.5 Å². The molecular formula is C18H28ClN3O3S.